The molecule has 1 saturated heterocycles. The summed E-state index contributed by atoms with van der Waals surface area (Å²) in [7, 11) is 0. The largest absolute Gasteiger partial charge is 0.463 e. The zero-order valence-corrected chi connectivity index (χ0v) is 12.1. The van der Waals surface area contributed by atoms with Gasteiger partial charge in [0.15, 0.2) is 6.10 Å². The maximum absolute atomic E-state index is 11.2. The highest BCUT2D eigenvalue weighted by Crippen LogP contribution is 2.26. The Morgan fingerprint density at radius 1 is 1.05 bits per heavy atom. The number of hydrogen-bond donors (Lipinski definition) is 0. The van der Waals surface area contributed by atoms with E-state index >= 15 is 0 Å². The molecule has 0 aromatic rings. The number of hydrogen-bond acceptors (Lipinski definition) is 7. The summed E-state index contributed by atoms with van der Waals surface area (Å²) in [6.45, 7) is 5.56. The topological polar surface area (TPSA) is 88.1 Å². The summed E-state index contributed by atoms with van der Waals surface area (Å²) in [6.07, 6.45) is -1.84. The monoisotopic (exact) mass is 288 g/mol. The van der Waals surface area contributed by atoms with E-state index in [-0.39, 0.29) is 12.7 Å². The lowest BCUT2D eigenvalue weighted by atomic mass is 9.98. The first-order valence-corrected chi connectivity index (χ1v) is 6.42. The van der Waals surface area contributed by atoms with E-state index in [1.807, 2.05) is 0 Å². The van der Waals surface area contributed by atoms with Crippen LogP contribution in [0.15, 0.2) is 0 Å². The molecule has 4 atom stereocenters. The molecule has 1 aliphatic rings. The van der Waals surface area contributed by atoms with Gasteiger partial charge in [-0.15, -0.1) is 0 Å². The Labute approximate surface area is 117 Å². The van der Waals surface area contributed by atoms with Crippen LogP contribution in [0.3, 0.4) is 0 Å². The summed E-state index contributed by atoms with van der Waals surface area (Å²) in [4.78, 5) is 33.2. The van der Waals surface area contributed by atoms with Gasteiger partial charge in [0.05, 0.1) is 6.10 Å². The third-order valence-corrected chi connectivity index (χ3v) is 2.77. The number of esters is 3. The Morgan fingerprint density at radius 2 is 1.65 bits per heavy atom. The predicted molar refractivity (Wildman–Crippen MR) is 66.7 cm³/mol. The van der Waals surface area contributed by atoms with Crippen LogP contribution in [0.5, 0.6) is 0 Å². The lowest BCUT2D eigenvalue weighted by Crippen LogP contribution is -2.53. The molecule has 0 aromatic carbocycles. The summed E-state index contributed by atoms with van der Waals surface area (Å²) in [5.41, 5.74) is 0. The van der Waals surface area contributed by atoms with Crippen molar-refractivity contribution in [3.05, 3.63) is 0 Å². The van der Waals surface area contributed by atoms with E-state index in [0.29, 0.717) is 6.42 Å². The van der Waals surface area contributed by atoms with Gasteiger partial charge in [0.2, 0.25) is 0 Å². The lowest BCUT2D eigenvalue weighted by Gasteiger charge is -2.39. The van der Waals surface area contributed by atoms with E-state index in [0.717, 1.165) is 0 Å². The van der Waals surface area contributed by atoms with Crippen molar-refractivity contribution in [2.45, 2.75) is 58.5 Å². The number of carbonyl (C=O) groups is 3. The summed E-state index contributed by atoms with van der Waals surface area (Å²) in [5, 5.41) is 0. The average Bonchev–Trinajstić information content (AvgIpc) is 2.28. The molecule has 114 valence electrons. The Hall–Kier alpha value is -1.63. The minimum Gasteiger partial charge on any atom is -0.463 e. The zero-order valence-electron chi connectivity index (χ0n) is 12.1. The average molecular weight is 288 g/mol. The van der Waals surface area contributed by atoms with Gasteiger partial charge in [0.1, 0.15) is 18.8 Å². The van der Waals surface area contributed by atoms with E-state index in [9.17, 15) is 14.4 Å². The van der Waals surface area contributed by atoms with Crippen molar-refractivity contribution in [2.75, 3.05) is 6.61 Å². The Bertz CT molecular complexity index is 379. The molecule has 1 aliphatic heterocycles. The number of ether oxygens (including phenoxy) is 4. The summed E-state index contributed by atoms with van der Waals surface area (Å²) in [5.74, 6) is -1.44. The molecule has 0 N–H and O–H groups in total. The zero-order chi connectivity index (χ0) is 15.3. The smallest absolute Gasteiger partial charge is 0.303 e. The predicted octanol–water partition coefficient (Wildman–Crippen LogP) is 0.590. The second-order valence-electron chi connectivity index (χ2n) is 4.75. The van der Waals surface area contributed by atoms with Gasteiger partial charge in [-0.2, -0.15) is 0 Å². The van der Waals surface area contributed by atoms with Gasteiger partial charge >= 0.3 is 17.9 Å². The van der Waals surface area contributed by atoms with E-state index in [2.05, 4.69) is 0 Å². The molecule has 0 bridgehead atoms. The molecule has 0 aliphatic carbocycles. The van der Waals surface area contributed by atoms with Crippen LogP contribution in [-0.2, 0) is 33.3 Å². The van der Waals surface area contributed by atoms with Gasteiger partial charge in [-0.05, 0) is 6.92 Å². The van der Waals surface area contributed by atoms with Crippen molar-refractivity contribution >= 4 is 17.9 Å². The minimum absolute atomic E-state index is 0.0601. The van der Waals surface area contributed by atoms with Gasteiger partial charge < -0.3 is 18.9 Å². The minimum atomic E-state index is -0.785. The highest BCUT2D eigenvalue weighted by molar-refractivity contribution is 5.67. The van der Waals surface area contributed by atoms with Crippen molar-refractivity contribution in [2.24, 2.45) is 0 Å². The van der Waals surface area contributed by atoms with Crippen molar-refractivity contribution in [3.8, 4) is 0 Å². The second-order valence-corrected chi connectivity index (χ2v) is 4.75. The van der Waals surface area contributed by atoms with Crippen LogP contribution in [0.4, 0.5) is 0 Å². The SMILES string of the molecule is CC(=O)OCC1OC(C)CC(OC(C)=O)[C@@H]1OC(C)=O. The molecule has 1 rings (SSSR count). The van der Waals surface area contributed by atoms with Crippen molar-refractivity contribution in [1.82, 2.24) is 0 Å². The molecule has 7 nitrogen and oxygen atoms in total. The van der Waals surface area contributed by atoms with Crippen molar-refractivity contribution < 1.29 is 33.3 Å². The molecule has 3 unspecified atom stereocenters. The summed E-state index contributed by atoms with van der Waals surface area (Å²) >= 11 is 0. The maximum atomic E-state index is 11.2. The molecule has 7 heteroatoms. The molecule has 0 saturated carbocycles. The quantitative estimate of drug-likeness (QED) is 0.552. The molecule has 0 amide bonds. The standard InChI is InChI=1S/C13H20O7/c1-7-5-11(19-9(3)15)13(20-10(4)16)12(18-7)6-17-8(2)14/h7,11-13H,5-6H2,1-4H3/t7?,11?,12?,13-/m0/s1. The van der Waals surface area contributed by atoms with E-state index in [1.54, 1.807) is 6.92 Å². The van der Waals surface area contributed by atoms with E-state index < -0.39 is 36.2 Å². The molecular formula is C13H20O7. The highest BCUT2D eigenvalue weighted by Gasteiger charge is 2.42. The van der Waals surface area contributed by atoms with Crippen LogP contribution in [-0.4, -0.2) is 48.9 Å². The first-order valence-electron chi connectivity index (χ1n) is 6.42. The van der Waals surface area contributed by atoms with Gasteiger partial charge in [0, 0.05) is 27.2 Å². The van der Waals surface area contributed by atoms with Crippen LogP contribution in [0, 0.1) is 0 Å². The normalized spacial score (nSPS) is 29.4. The number of carbonyl (C=O) groups excluding carboxylic acids is 3. The molecule has 0 spiro atoms. The molecular weight excluding hydrogens is 268 g/mol. The maximum Gasteiger partial charge on any atom is 0.303 e. The van der Waals surface area contributed by atoms with E-state index in [1.165, 1.54) is 20.8 Å². The molecule has 1 fully saturated rings. The van der Waals surface area contributed by atoms with Crippen LogP contribution in [0.2, 0.25) is 0 Å². The summed E-state index contributed by atoms with van der Waals surface area (Å²) in [6, 6.07) is 0. The second kappa shape index (κ2) is 7.23. The van der Waals surface area contributed by atoms with E-state index in [4.69, 9.17) is 18.9 Å². The van der Waals surface area contributed by atoms with Crippen molar-refractivity contribution in [3.63, 3.8) is 0 Å². The fourth-order valence-corrected chi connectivity index (χ4v) is 2.14. The number of rotatable bonds is 4. The van der Waals surface area contributed by atoms with Crippen LogP contribution in [0.1, 0.15) is 34.1 Å². The van der Waals surface area contributed by atoms with Crippen LogP contribution >= 0.6 is 0 Å². The van der Waals surface area contributed by atoms with Gasteiger partial charge in [-0.25, -0.2) is 0 Å². The fourth-order valence-electron chi connectivity index (χ4n) is 2.14. The first-order chi connectivity index (χ1) is 9.29. The molecule has 1 heterocycles. The van der Waals surface area contributed by atoms with Crippen LogP contribution in [0.25, 0.3) is 0 Å². The van der Waals surface area contributed by atoms with Crippen LogP contribution < -0.4 is 0 Å². The molecule has 20 heavy (non-hydrogen) atoms. The first kappa shape index (κ1) is 16.4. The third kappa shape index (κ3) is 5.16. The third-order valence-electron chi connectivity index (χ3n) is 2.77. The van der Waals surface area contributed by atoms with Gasteiger partial charge in [-0.1, -0.05) is 0 Å². The molecule has 0 aromatic heterocycles. The van der Waals surface area contributed by atoms with Crippen molar-refractivity contribution in [1.29, 1.82) is 0 Å². The summed E-state index contributed by atoms with van der Waals surface area (Å²) < 4.78 is 20.9. The van der Waals surface area contributed by atoms with Gasteiger partial charge in [-0.3, -0.25) is 14.4 Å². The Kier molecular flexibility index (Phi) is 5.94. The Balaban J connectivity index is 2.82. The highest BCUT2D eigenvalue weighted by atomic mass is 16.6. The lowest BCUT2D eigenvalue weighted by molar-refractivity contribution is -0.212. The van der Waals surface area contributed by atoms with Gasteiger partial charge in [0.25, 0.3) is 0 Å². The Morgan fingerprint density at radius 3 is 2.15 bits per heavy atom. The molecule has 0 radical (unpaired) electrons. The fraction of sp³-hybridized carbons (Fsp3) is 0.769.